The van der Waals surface area contributed by atoms with Crippen LogP contribution in [0.15, 0.2) is 29.0 Å². The maximum absolute atomic E-state index is 5.48. The predicted molar refractivity (Wildman–Crippen MR) is 56.2 cm³/mol. The summed E-state index contributed by atoms with van der Waals surface area (Å²) >= 11 is 0. The lowest BCUT2D eigenvalue weighted by molar-refractivity contribution is 1.15. The van der Waals surface area contributed by atoms with Crippen molar-refractivity contribution in [3.63, 3.8) is 0 Å². The van der Waals surface area contributed by atoms with E-state index in [4.69, 9.17) is 5.73 Å². The minimum absolute atomic E-state index is 0.554. The number of aromatic nitrogens is 1. The number of nitrogens with zero attached hydrogens (tertiary/aromatic N) is 2. The quantitative estimate of drug-likeness (QED) is 0.712. The maximum Gasteiger partial charge on any atom is 0.0877 e. The van der Waals surface area contributed by atoms with E-state index in [0.717, 1.165) is 16.8 Å². The zero-order chi connectivity index (χ0) is 9.68. The van der Waals surface area contributed by atoms with E-state index in [2.05, 4.69) is 16.7 Å². The molecule has 68 valence electrons. The van der Waals surface area contributed by atoms with E-state index >= 15 is 0 Å². The van der Waals surface area contributed by atoms with Crippen molar-refractivity contribution in [2.75, 3.05) is 6.54 Å². The van der Waals surface area contributed by atoms with Crippen LogP contribution >= 0.6 is 0 Å². The van der Waals surface area contributed by atoms with Gasteiger partial charge in [-0.15, -0.1) is 0 Å². The van der Waals surface area contributed by atoms with Crippen molar-refractivity contribution in [1.82, 2.24) is 4.98 Å². The lowest BCUT2D eigenvalue weighted by Gasteiger charge is -2.00. The summed E-state index contributed by atoms with van der Waals surface area (Å²) in [6, 6.07) is 1.89. The SMILES string of the molecule is C=Nc1cnccc1/C=C(\C)CN. The first kappa shape index (κ1) is 9.61. The molecule has 0 aliphatic rings. The normalized spacial score (nSPS) is 11.4. The van der Waals surface area contributed by atoms with Crippen molar-refractivity contribution in [2.24, 2.45) is 10.7 Å². The van der Waals surface area contributed by atoms with Crippen LogP contribution in [0.1, 0.15) is 12.5 Å². The lowest BCUT2D eigenvalue weighted by Crippen LogP contribution is -1.99. The summed E-state index contributed by atoms with van der Waals surface area (Å²) in [4.78, 5) is 7.81. The van der Waals surface area contributed by atoms with Crippen molar-refractivity contribution in [2.45, 2.75) is 6.92 Å². The first-order valence-corrected chi connectivity index (χ1v) is 4.06. The Kier molecular flexibility index (Phi) is 3.34. The van der Waals surface area contributed by atoms with Gasteiger partial charge in [-0.25, -0.2) is 0 Å². The average molecular weight is 175 g/mol. The molecule has 0 fully saturated rings. The molecule has 2 N–H and O–H groups in total. The highest BCUT2D eigenvalue weighted by Crippen LogP contribution is 2.18. The van der Waals surface area contributed by atoms with E-state index in [1.165, 1.54) is 0 Å². The molecule has 0 aromatic carbocycles. The highest BCUT2D eigenvalue weighted by molar-refractivity contribution is 5.66. The Hall–Kier alpha value is -1.48. The number of hydrogen-bond acceptors (Lipinski definition) is 3. The van der Waals surface area contributed by atoms with Gasteiger partial charge in [0.2, 0.25) is 0 Å². The Morgan fingerprint density at radius 3 is 3.15 bits per heavy atom. The Morgan fingerprint density at radius 1 is 1.77 bits per heavy atom. The lowest BCUT2D eigenvalue weighted by atomic mass is 10.1. The van der Waals surface area contributed by atoms with Crippen LogP contribution in [-0.2, 0) is 0 Å². The van der Waals surface area contributed by atoms with Crippen molar-refractivity contribution >= 4 is 18.5 Å². The molecule has 0 saturated heterocycles. The standard InChI is InChI=1S/C10H13N3/c1-8(6-11)5-9-3-4-13-7-10(9)12-2/h3-5,7H,2,6,11H2,1H3/b8-5+. The van der Waals surface area contributed by atoms with E-state index in [-0.39, 0.29) is 0 Å². The highest BCUT2D eigenvalue weighted by atomic mass is 14.7. The monoisotopic (exact) mass is 175 g/mol. The fraction of sp³-hybridized carbons (Fsp3) is 0.200. The molecule has 0 aliphatic carbocycles. The topological polar surface area (TPSA) is 51.3 Å². The molecule has 0 spiro atoms. The van der Waals surface area contributed by atoms with Crippen LogP contribution in [0.4, 0.5) is 5.69 Å². The zero-order valence-electron chi connectivity index (χ0n) is 7.70. The van der Waals surface area contributed by atoms with Gasteiger partial charge in [0.1, 0.15) is 0 Å². The Labute approximate surface area is 78.0 Å². The van der Waals surface area contributed by atoms with Crippen LogP contribution in [0.25, 0.3) is 6.08 Å². The summed E-state index contributed by atoms with van der Waals surface area (Å²) in [5.41, 5.74) is 8.38. The Balaban J connectivity index is 3.06. The molecule has 1 aromatic rings. The summed E-state index contributed by atoms with van der Waals surface area (Å²) in [7, 11) is 0. The highest BCUT2D eigenvalue weighted by Gasteiger charge is 1.96. The van der Waals surface area contributed by atoms with Crippen molar-refractivity contribution < 1.29 is 0 Å². The number of hydrogen-bond donors (Lipinski definition) is 1. The molecule has 0 bridgehead atoms. The third-order valence-corrected chi connectivity index (χ3v) is 1.73. The smallest absolute Gasteiger partial charge is 0.0877 e. The molecule has 1 rings (SSSR count). The molecule has 0 radical (unpaired) electrons. The molecule has 1 aromatic heterocycles. The third-order valence-electron chi connectivity index (χ3n) is 1.73. The van der Waals surface area contributed by atoms with Crippen molar-refractivity contribution in [1.29, 1.82) is 0 Å². The molecule has 0 amide bonds. The molecule has 1 heterocycles. The molecule has 0 saturated carbocycles. The second kappa shape index (κ2) is 4.52. The van der Waals surface area contributed by atoms with Crippen molar-refractivity contribution in [3.05, 3.63) is 29.6 Å². The second-order valence-electron chi connectivity index (χ2n) is 2.79. The van der Waals surface area contributed by atoms with Crippen LogP contribution in [0.5, 0.6) is 0 Å². The van der Waals surface area contributed by atoms with Gasteiger partial charge < -0.3 is 5.73 Å². The predicted octanol–water partition coefficient (Wildman–Crippen LogP) is 1.78. The summed E-state index contributed by atoms with van der Waals surface area (Å²) in [5.74, 6) is 0. The van der Waals surface area contributed by atoms with Crippen LogP contribution in [0.3, 0.4) is 0 Å². The molecule has 0 unspecified atom stereocenters. The fourth-order valence-corrected chi connectivity index (χ4v) is 0.975. The number of rotatable bonds is 3. The summed E-state index contributed by atoms with van der Waals surface area (Å²) in [5, 5.41) is 0. The first-order valence-electron chi connectivity index (χ1n) is 4.06. The van der Waals surface area contributed by atoms with Gasteiger partial charge in [-0.2, -0.15) is 0 Å². The number of nitrogens with two attached hydrogens (primary N) is 1. The molecular weight excluding hydrogens is 162 g/mol. The second-order valence-corrected chi connectivity index (χ2v) is 2.79. The molecular formula is C10H13N3. The van der Waals surface area contributed by atoms with Gasteiger partial charge >= 0.3 is 0 Å². The minimum atomic E-state index is 0.554. The molecule has 13 heavy (non-hydrogen) atoms. The largest absolute Gasteiger partial charge is 0.327 e. The molecule has 0 aliphatic heterocycles. The van der Waals surface area contributed by atoms with Crippen LogP contribution in [0.2, 0.25) is 0 Å². The Bertz CT molecular complexity index is 329. The van der Waals surface area contributed by atoms with Crippen LogP contribution in [0, 0.1) is 0 Å². The van der Waals surface area contributed by atoms with Gasteiger partial charge in [-0.1, -0.05) is 11.6 Å². The maximum atomic E-state index is 5.48. The Morgan fingerprint density at radius 2 is 2.54 bits per heavy atom. The van der Waals surface area contributed by atoms with Crippen LogP contribution < -0.4 is 5.73 Å². The van der Waals surface area contributed by atoms with E-state index in [1.54, 1.807) is 12.4 Å². The van der Waals surface area contributed by atoms with Gasteiger partial charge in [0.25, 0.3) is 0 Å². The number of pyridine rings is 1. The minimum Gasteiger partial charge on any atom is -0.327 e. The number of aliphatic imine (C=N–C) groups is 1. The summed E-state index contributed by atoms with van der Waals surface area (Å²) in [6.07, 6.45) is 5.40. The fourth-order valence-electron chi connectivity index (χ4n) is 0.975. The van der Waals surface area contributed by atoms with Gasteiger partial charge in [-0.3, -0.25) is 9.98 Å². The van der Waals surface area contributed by atoms with E-state index < -0.39 is 0 Å². The molecule has 3 nitrogen and oxygen atoms in total. The van der Waals surface area contributed by atoms with Crippen molar-refractivity contribution in [3.8, 4) is 0 Å². The summed E-state index contributed by atoms with van der Waals surface area (Å²) < 4.78 is 0. The molecule has 3 heteroatoms. The third kappa shape index (κ3) is 2.49. The van der Waals surface area contributed by atoms with Crippen LogP contribution in [-0.4, -0.2) is 18.2 Å². The van der Waals surface area contributed by atoms with E-state index in [0.29, 0.717) is 6.54 Å². The van der Waals surface area contributed by atoms with Gasteiger partial charge in [0.15, 0.2) is 0 Å². The van der Waals surface area contributed by atoms with Gasteiger partial charge in [0, 0.05) is 18.3 Å². The average Bonchev–Trinajstić information content (AvgIpc) is 2.18. The summed E-state index contributed by atoms with van der Waals surface area (Å²) in [6.45, 7) is 6.01. The van der Waals surface area contributed by atoms with Gasteiger partial charge in [-0.05, 0) is 19.7 Å². The molecule has 0 atom stereocenters. The van der Waals surface area contributed by atoms with Gasteiger partial charge in [0.05, 0.1) is 11.9 Å². The van der Waals surface area contributed by atoms with E-state index in [9.17, 15) is 0 Å². The van der Waals surface area contributed by atoms with E-state index in [1.807, 2.05) is 19.1 Å². The zero-order valence-corrected chi connectivity index (χ0v) is 7.70. The first-order chi connectivity index (χ1) is 6.27.